The average Bonchev–Trinajstić information content (AvgIpc) is 2.98. The number of carbonyl (C=O) groups excluding carboxylic acids is 1. The van der Waals surface area contributed by atoms with E-state index in [4.69, 9.17) is 5.10 Å². The van der Waals surface area contributed by atoms with Gasteiger partial charge in [-0.2, -0.15) is 5.10 Å². The minimum Gasteiger partial charge on any atom is -0.305 e. The van der Waals surface area contributed by atoms with Gasteiger partial charge in [-0.15, -0.1) is 0 Å². The summed E-state index contributed by atoms with van der Waals surface area (Å²) in [6, 6.07) is 9.41. The maximum absolute atomic E-state index is 12.7. The smallest absolute Gasteiger partial charge is 0.277 e. The van der Waals surface area contributed by atoms with Crippen molar-refractivity contribution < 1.29 is 4.79 Å². The van der Waals surface area contributed by atoms with E-state index in [1.54, 1.807) is 0 Å². The second-order valence-corrected chi connectivity index (χ2v) is 8.45. The van der Waals surface area contributed by atoms with Gasteiger partial charge in [0.2, 0.25) is 0 Å². The van der Waals surface area contributed by atoms with Gasteiger partial charge in [0.15, 0.2) is 0 Å². The molecule has 0 saturated carbocycles. The quantitative estimate of drug-likeness (QED) is 0.753. The number of rotatable bonds is 2. The largest absolute Gasteiger partial charge is 0.305 e. The highest BCUT2D eigenvalue weighted by atomic mass is 16.2. The molecule has 0 bridgehead atoms. The van der Waals surface area contributed by atoms with Crippen molar-refractivity contribution in [3.63, 3.8) is 0 Å². The highest BCUT2D eigenvalue weighted by molar-refractivity contribution is 6.03. The molecule has 1 aromatic carbocycles. The number of carbonyl (C=O) groups is 1. The van der Waals surface area contributed by atoms with Crippen LogP contribution in [-0.2, 0) is 11.0 Å². The van der Waals surface area contributed by atoms with Gasteiger partial charge >= 0.3 is 0 Å². The molecule has 136 valence electrons. The van der Waals surface area contributed by atoms with Gasteiger partial charge in [-0.05, 0) is 32.9 Å². The van der Waals surface area contributed by atoms with Gasteiger partial charge in [-0.1, -0.05) is 32.9 Å². The fourth-order valence-corrected chi connectivity index (χ4v) is 2.59. The molecule has 0 saturated heterocycles. The first-order chi connectivity index (χ1) is 12.1. The molecule has 0 fully saturated rings. The van der Waals surface area contributed by atoms with Crippen molar-refractivity contribution in [1.29, 1.82) is 0 Å². The number of anilines is 1. The lowest BCUT2D eigenvalue weighted by atomic mass is 9.92. The standard InChI is InChI=1S/C20H25N5O/c1-19(2,3)16-11-17(25(24-16)20(4,5)6)23-18(26)15-12-21-13-9-7-8-10-14(13)22-15/h7-12H,1-6H3,(H,23,26). The molecule has 0 aliphatic carbocycles. The van der Waals surface area contributed by atoms with Crippen molar-refractivity contribution >= 4 is 22.8 Å². The fourth-order valence-electron chi connectivity index (χ4n) is 2.59. The zero-order chi connectivity index (χ0) is 19.1. The summed E-state index contributed by atoms with van der Waals surface area (Å²) < 4.78 is 1.85. The van der Waals surface area contributed by atoms with Crippen LogP contribution in [-0.4, -0.2) is 25.7 Å². The third kappa shape index (κ3) is 3.59. The van der Waals surface area contributed by atoms with Gasteiger partial charge in [0.1, 0.15) is 11.5 Å². The van der Waals surface area contributed by atoms with Gasteiger partial charge in [-0.25, -0.2) is 9.67 Å². The van der Waals surface area contributed by atoms with Crippen molar-refractivity contribution in [2.45, 2.75) is 52.5 Å². The van der Waals surface area contributed by atoms with E-state index >= 15 is 0 Å². The maximum atomic E-state index is 12.7. The molecule has 0 aliphatic rings. The number of amides is 1. The second kappa shape index (κ2) is 6.20. The van der Waals surface area contributed by atoms with E-state index in [0.717, 1.165) is 11.2 Å². The Morgan fingerprint density at radius 2 is 1.69 bits per heavy atom. The first-order valence-electron chi connectivity index (χ1n) is 8.70. The third-order valence-corrected chi connectivity index (χ3v) is 4.04. The van der Waals surface area contributed by atoms with Crippen molar-refractivity contribution in [1.82, 2.24) is 19.7 Å². The van der Waals surface area contributed by atoms with Crippen molar-refractivity contribution in [2.24, 2.45) is 0 Å². The van der Waals surface area contributed by atoms with E-state index in [9.17, 15) is 4.79 Å². The molecule has 2 aromatic heterocycles. The van der Waals surface area contributed by atoms with Crippen molar-refractivity contribution in [3.8, 4) is 0 Å². The molecule has 0 unspecified atom stereocenters. The summed E-state index contributed by atoms with van der Waals surface area (Å²) in [6.45, 7) is 12.5. The Labute approximate surface area is 153 Å². The van der Waals surface area contributed by atoms with Crippen LogP contribution in [0.5, 0.6) is 0 Å². The van der Waals surface area contributed by atoms with E-state index in [2.05, 4.69) is 56.8 Å². The van der Waals surface area contributed by atoms with Crippen LogP contribution in [0.15, 0.2) is 36.5 Å². The number of hydrogen-bond donors (Lipinski definition) is 1. The summed E-state index contributed by atoms with van der Waals surface area (Å²) in [4.78, 5) is 21.5. The summed E-state index contributed by atoms with van der Waals surface area (Å²) in [7, 11) is 0. The number of fused-ring (bicyclic) bond motifs is 1. The molecule has 0 spiro atoms. The van der Waals surface area contributed by atoms with Gasteiger partial charge in [-0.3, -0.25) is 9.78 Å². The van der Waals surface area contributed by atoms with Crippen LogP contribution in [0.1, 0.15) is 57.7 Å². The second-order valence-electron chi connectivity index (χ2n) is 8.45. The SMILES string of the molecule is CC(C)(C)c1cc(NC(=O)c2cnc3ccccc3n2)n(C(C)(C)C)n1. The molecule has 0 atom stereocenters. The van der Waals surface area contributed by atoms with Crippen LogP contribution in [0.2, 0.25) is 0 Å². The van der Waals surface area contributed by atoms with E-state index in [1.165, 1.54) is 6.20 Å². The number of nitrogens with zero attached hydrogens (tertiary/aromatic N) is 4. The normalized spacial score (nSPS) is 12.4. The van der Waals surface area contributed by atoms with Crippen molar-refractivity contribution in [3.05, 3.63) is 47.9 Å². The molecule has 26 heavy (non-hydrogen) atoms. The molecule has 3 aromatic rings. The Balaban J connectivity index is 1.96. The number of para-hydroxylation sites is 2. The monoisotopic (exact) mass is 351 g/mol. The zero-order valence-corrected chi connectivity index (χ0v) is 16.2. The van der Waals surface area contributed by atoms with E-state index < -0.39 is 0 Å². The lowest BCUT2D eigenvalue weighted by Gasteiger charge is -2.23. The van der Waals surface area contributed by atoms with Crippen LogP contribution in [0.3, 0.4) is 0 Å². The summed E-state index contributed by atoms with van der Waals surface area (Å²) in [5, 5.41) is 7.66. The molecule has 1 N–H and O–H groups in total. The van der Waals surface area contributed by atoms with E-state index in [1.807, 2.05) is 35.0 Å². The minimum atomic E-state index is -0.297. The predicted molar refractivity (Wildman–Crippen MR) is 103 cm³/mol. The molecule has 1 amide bonds. The first kappa shape index (κ1) is 18.0. The minimum absolute atomic E-state index is 0.112. The Bertz CT molecular complexity index is 960. The van der Waals surface area contributed by atoms with Crippen LogP contribution < -0.4 is 5.32 Å². The Kier molecular flexibility index (Phi) is 4.30. The van der Waals surface area contributed by atoms with Gasteiger partial charge < -0.3 is 5.32 Å². The van der Waals surface area contributed by atoms with E-state index in [0.29, 0.717) is 11.3 Å². The molecule has 2 heterocycles. The molecule has 0 aliphatic heterocycles. The summed E-state index contributed by atoms with van der Waals surface area (Å²) in [5.41, 5.74) is 2.29. The summed E-state index contributed by atoms with van der Waals surface area (Å²) in [6.07, 6.45) is 1.50. The average molecular weight is 351 g/mol. The van der Waals surface area contributed by atoms with E-state index in [-0.39, 0.29) is 22.6 Å². The van der Waals surface area contributed by atoms with Gasteiger partial charge in [0.25, 0.3) is 5.91 Å². The molecule has 3 rings (SSSR count). The Hall–Kier alpha value is -2.76. The fraction of sp³-hybridized carbons (Fsp3) is 0.400. The molecular formula is C20H25N5O. The topological polar surface area (TPSA) is 72.7 Å². The van der Waals surface area contributed by atoms with Gasteiger partial charge in [0.05, 0.1) is 28.5 Å². The third-order valence-electron chi connectivity index (χ3n) is 4.04. The zero-order valence-electron chi connectivity index (χ0n) is 16.2. The molecular weight excluding hydrogens is 326 g/mol. The predicted octanol–water partition coefficient (Wildman–Crippen LogP) is 4.13. The number of nitrogens with one attached hydrogen (secondary N) is 1. The summed E-state index contributed by atoms with van der Waals surface area (Å²) in [5.74, 6) is 0.358. The lowest BCUT2D eigenvalue weighted by Crippen LogP contribution is -2.27. The van der Waals surface area contributed by atoms with Crippen LogP contribution >= 0.6 is 0 Å². The summed E-state index contributed by atoms with van der Waals surface area (Å²) >= 11 is 0. The molecule has 0 radical (unpaired) electrons. The maximum Gasteiger partial charge on any atom is 0.277 e. The van der Waals surface area contributed by atoms with Crippen LogP contribution in [0.4, 0.5) is 5.82 Å². The van der Waals surface area contributed by atoms with Crippen LogP contribution in [0.25, 0.3) is 11.0 Å². The highest BCUT2D eigenvalue weighted by Crippen LogP contribution is 2.28. The number of aromatic nitrogens is 4. The Morgan fingerprint density at radius 3 is 2.31 bits per heavy atom. The van der Waals surface area contributed by atoms with Crippen LogP contribution in [0, 0.1) is 0 Å². The van der Waals surface area contributed by atoms with Crippen molar-refractivity contribution in [2.75, 3.05) is 5.32 Å². The van der Waals surface area contributed by atoms with Gasteiger partial charge in [0, 0.05) is 11.5 Å². The lowest BCUT2D eigenvalue weighted by molar-refractivity contribution is 0.102. The Morgan fingerprint density at radius 1 is 1.04 bits per heavy atom. The highest BCUT2D eigenvalue weighted by Gasteiger charge is 2.26. The number of hydrogen-bond acceptors (Lipinski definition) is 4. The molecule has 6 heteroatoms. The first-order valence-corrected chi connectivity index (χ1v) is 8.70. The molecule has 6 nitrogen and oxygen atoms in total. The number of benzene rings is 1.